The molecule has 0 saturated carbocycles. The van der Waals surface area contributed by atoms with Crippen LogP contribution in [0.4, 0.5) is 0 Å². The Morgan fingerprint density at radius 3 is 2.64 bits per heavy atom. The maximum absolute atomic E-state index is 5.25. The molecule has 1 aromatic heterocycles. The number of hydrogen-bond donors (Lipinski definition) is 0. The number of ether oxygens (including phenoxy) is 2. The Morgan fingerprint density at radius 2 is 1.93 bits per heavy atom. The van der Waals surface area contributed by atoms with E-state index in [0.29, 0.717) is 11.5 Å². The van der Waals surface area contributed by atoms with E-state index in [1.54, 1.807) is 14.2 Å². The van der Waals surface area contributed by atoms with Crippen molar-refractivity contribution in [2.45, 2.75) is 0 Å². The molecule has 2 rings (SSSR count). The summed E-state index contributed by atoms with van der Waals surface area (Å²) < 4.78 is 10.4. The van der Waals surface area contributed by atoms with Crippen LogP contribution in [0.3, 0.4) is 0 Å². The Morgan fingerprint density at radius 1 is 1.14 bits per heavy atom. The highest BCUT2D eigenvalue weighted by Gasteiger charge is 2.08. The minimum atomic E-state index is 0.534. The lowest BCUT2D eigenvalue weighted by Crippen LogP contribution is -1.93. The number of methoxy groups -OCH3 is 2. The summed E-state index contributed by atoms with van der Waals surface area (Å²) in [6, 6.07) is 7.71. The average Bonchev–Trinajstić information content (AvgIpc) is 2.27. The zero-order chi connectivity index (χ0) is 9.97. The van der Waals surface area contributed by atoms with Gasteiger partial charge in [0.15, 0.2) is 11.5 Å². The molecule has 1 heterocycles. The predicted molar refractivity (Wildman–Crippen MR) is 53.7 cm³/mol. The summed E-state index contributed by atoms with van der Waals surface area (Å²) in [5.74, 6) is 1.21. The molecule has 0 fully saturated rings. The smallest absolute Gasteiger partial charge is 0.189 e. The molecule has 71 valence electrons. The van der Waals surface area contributed by atoms with Gasteiger partial charge in [0.25, 0.3) is 0 Å². The minimum absolute atomic E-state index is 0.534. The molecule has 3 nitrogen and oxygen atoms in total. The maximum Gasteiger partial charge on any atom is 0.189 e. The van der Waals surface area contributed by atoms with Gasteiger partial charge in [0.05, 0.1) is 19.7 Å². The van der Waals surface area contributed by atoms with E-state index in [1.807, 2.05) is 24.3 Å². The molecule has 0 spiro atoms. The molecule has 1 aromatic carbocycles. The molecule has 0 N–H and O–H groups in total. The highest BCUT2D eigenvalue weighted by atomic mass is 16.5. The summed E-state index contributed by atoms with van der Waals surface area (Å²) in [4.78, 5) is 4.13. The van der Waals surface area contributed by atoms with Crippen LogP contribution in [0.15, 0.2) is 24.3 Å². The fraction of sp³-hybridized carbons (Fsp3) is 0.182. The second kappa shape index (κ2) is 3.54. The zero-order valence-electron chi connectivity index (χ0n) is 8.07. The van der Waals surface area contributed by atoms with E-state index in [-0.39, 0.29) is 0 Å². The number of benzene rings is 1. The molecule has 3 heteroatoms. The van der Waals surface area contributed by atoms with Crippen molar-refractivity contribution in [2.75, 3.05) is 14.2 Å². The second-order valence-electron chi connectivity index (χ2n) is 2.81. The second-order valence-corrected chi connectivity index (χ2v) is 2.81. The molecule has 0 unspecified atom stereocenters. The van der Waals surface area contributed by atoms with Crippen LogP contribution in [0.1, 0.15) is 0 Å². The summed E-state index contributed by atoms with van der Waals surface area (Å²) in [6.07, 6.45) is 2.78. The first-order valence-electron chi connectivity index (χ1n) is 4.25. The van der Waals surface area contributed by atoms with E-state index >= 15 is 0 Å². The van der Waals surface area contributed by atoms with Crippen molar-refractivity contribution in [3.8, 4) is 11.5 Å². The van der Waals surface area contributed by atoms with Crippen LogP contribution in [-0.2, 0) is 0 Å². The standard InChI is InChI=1S/C11H10NO2/c1-13-10-7-12-9-6-4-3-5-8(9)11(10)14-2/h3-6H,1-2H3. The van der Waals surface area contributed by atoms with Crippen molar-refractivity contribution < 1.29 is 9.47 Å². The van der Waals surface area contributed by atoms with Gasteiger partial charge in [0, 0.05) is 5.39 Å². The first kappa shape index (κ1) is 8.81. The fourth-order valence-electron chi connectivity index (χ4n) is 1.39. The predicted octanol–water partition coefficient (Wildman–Crippen LogP) is 2.05. The largest absolute Gasteiger partial charge is 0.492 e. The first-order chi connectivity index (χ1) is 6.86. The van der Waals surface area contributed by atoms with Crippen LogP contribution < -0.4 is 9.47 Å². The summed E-state index contributed by atoms with van der Waals surface area (Å²) in [7, 11) is 3.18. The Balaban J connectivity index is 2.77. The zero-order valence-corrected chi connectivity index (χ0v) is 8.07. The van der Waals surface area contributed by atoms with E-state index in [1.165, 1.54) is 0 Å². The molecule has 0 aliphatic carbocycles. The summed E-state index contributed by atoms with van der Waals surface area (Å²) >= 11 is 0. The molecule has 0 atom stereocenters. The topological polar surface area (TPSA) is 31.4 Å². The molecular formula is C11H10NO2. The highest BCUT2D eigenvalue weighted by Crippen LogP contribution is 2.32. The van der Waals surface area contributed by atoms with Crippen LogP contribution in [0.25, 0.3) is 10.9 Å². The third-order valence-electron chi connectivity index (χ3n) is 2.04. The molecule has 0 saturated heterocycles. The van der Waals surface area contributed by atoms with Gasteiger partial charge in [-0.05, 0) is 12.1 Å². The minimum Gasteiger partial charge on any atom is -0.492 e. The lowest BCUT2D eigenvalue weighted by atomic mass is 10.2. The van der Waals surface area contributed by atoms with Crippen LogP contribution >= 0.6 is 0 Å². The molecule has 0 aliphatic heterocycles. The quantitative estimate of drug-likeness (QED) is 0.722. The van der Waals surface area contributed by atoms with Crippen molar-refractivity contribution in [1.82, 2.24) is 4.98 Å². The van der Waals surface area contributed by atoms with Gasteiger partial charge in [-0.3, -0.25) is 0 Å². The molecule has 2 aromatic rings. The molecule has 0 aliphatic rings. The van der Waals surface area contributed by atoms with Crippen LogP contribution in [0.2, 0.25) is 0 Å². The van der Waals surface area contributed by atoms with E-state index in [0.717, 1.165) is 10.9 Å². The van der Waals surface area contributed by atoms with Gasteiger partial charge in [-0.25, -0.2) is 4.98 Å². The number of pyridine rings is 1. The Hall–Kier alpha value is -1.77. The molecular weight excluding hydrogens is 178 g/mol. The molecule has 14 heavy (non-hydrogen) atoms. The number of nitrogens with zero attached hydrogens (tertiary/aromatic N) is 1. The summed E-state index contributed by atoms with van der Waals surface area (Å²) in [5.41, 5.74) is 0.852. The van der Waals surface area contributed by atoms with Crippen molar-refractivity contribution >= 4 is 10.9 Å². The lowest BCUT2D eigenvalue weighted by molar-refractivity contribution is 0.356. The first-order valence-corrected chi connectivity index (χ1v) is 4.25. The Kier molecular flexibility index (Phi) is 2.23. The van der Waals surface area contributed by atoms with Crippen molar-refractivity contribution in [3.05, 3.63) is 30.5 Å². The summed E-state index contributed by atoms with van der Waals surface area (Å²) in [6.45, 7) is 0. The number of fused-ring (bicyclic) bond motifs is 1. The van der Waals surface area contributed by atoms with Gasteiger partial charge < -0.3 is 9.47 Å². The van der Waals surface area contributed by atoms with Gasteiger partial charge in [0.1, 0.15) is 6.20 Å². The van der Waals surface area contributed by atoms with Crippen molar-refractivity contribution in [1.29, 1.82) is 0 Å². The van der Waals surface area contributed by atoms with Crippen molar-refractivity contribution in [2.24, 2.45) is 0 Å². The molecule has 0 bridgehead atoms. The van der Waals surface area contributed by atoms with E-state index in [4.69, 9.17) is 9.47 Å². The SMILES string of the molecule is COc1[c]nc2ccccc2c1OC. The van der Waals surface area contributed by atoms with Crippen LogP contribution in [0, 0.1) is 6.20 Å². The van der Waals surface area contributed by atoms with Gasteiger partial charge >= 0.3 is 0 Å². The fourth-order valence-corrected chi connectivity index (χ4v) is 1.39. The lowest BCUT2D eigenvalue weighted by Gasteiger charge is -2.08. The van der Waals surface area contributed by atoms with Gasteiger partial charge in [0.2, 0.25) is 0 Å². The van der Waals surface area contributed by atoms with E-state index in [9.17, 15) is 0 Å². The molecule has 1 radical (unpaired) electrons. The molecule has 0 amide bonds. The third-order valence-corrected chi connectivity index (χ3v) is 2.04. The number of hydrogen-bond acceptors (Lipinski definition) is 3. The van der Waals surface area contributed by atoms with Crippen LogP contribution in [-0.4, -0.2) is 19.2 Å². The van der Waals surface area contributed by atoms with E-state index in [2.05, 4.69) is 11.2 Å². The number of aromatic nitrogens is 1. The van der Waals surface area contributed by atoms with Gasteiger partial charge in [-0.1, -0.05) is 12.1 Å². The number of rotatable bonds is 2. The number of para-hydroxylation sites is 1. The van der Waals surface area contributed by atoms with Gasteiger partial charge in [-0.15, -0.1) is 0 Å². The monoisotopic (exact) mass is 188 g/mol. The summed E-state index contributed by atoms with van der Waals surface area (Å²) in [5, 5.41) is 0.936. The highest BCUT2D eigenvalue weighted by molar-refractivity contribution is 5.87. The Labute approximate surface area is 82.3 Å². The van der Waals surface area contributed by atoms with Crippen LogP contribution in [0.5, 0.6) is 11.5 Å². The average molecular weight is 188 g/mol. The third kappa shape index (κ3) is 1.27. The maximum atomic E-state index is 5.25. The van der Waals surface area contributed by atoms with Crippen molar-refractivity contribution in [3.63, 3.8) is 0 Å². The van der Waals surface area contributed by atoms with E-state index < -0.39 is 0 Å². The van der Waals surface area contributed by atoms with Gasteiger partial charge in [-0.2, -0.15) is 0 Å². The normalized spacial score (nSPS) is 10.1. The Bertz CT molecular complexity index is 454.